The summed E-state index contributed by atoms with van der Waals surface area (Å²) in [6.45, 7) is 3.84. The van der Waals surface area contributed by atoms with E-state index in [2.05, 4.69) is 9.97 Å². The molecule has 0 bridgehead atoms. The van der Waals surface area contributed by atoms with Crippen molar-refractivity contribution in [3.63, 3.8) is 0 Å². The molecule has 0 spiro atoms. The minimum Gasteiger partial charge on any atom is -0.382 e. The van der Waals surface area contributed by atoms with E-state index in [0.717, 1.165) is 0 Å². The van der Waals surface area contributed by atoms with Crippen LogP contribution in [0.3, 0.4) is 0 Å². The molecule has 1 aliphatic rings. The van der Waals surface area contributed by atoms with Gasteiger partial charge in [-0.05, 0) is 6.92 Å². The molecule has 0 saturated carbocycles. The van der Waals surface area contributed by atoms with E-state index in [1.54, 1.807) is 13.3 Å². The second-order valence-corrected chi connectivity index (χ2v) is 4.56. The Morgan fingerprint density at radius 3 is 3.05 bits per heavy atom. The van der Waals surface area contributed by atoms with Crippen molar-refractivity contribution >= 4 is 11.7 Å². The molecule has 104 valence electrons. The molecule has 2 atom stereocenters. The minimum atomic E-state index is -0.580. The van der Waals surface area contributed by atoms with Crippen molar-refractivity contribution < 1.29 is 14.3 Å². The summed E-state index contributed by atoms with van der Waals surface area (Å²) in [5.41, 5.74) is 5.38. The molecule has 2 unspecified atom stereocenters. The average molecular weight is 266 g/mol. The summed E-state index contributed by atoms with van der Waals surface area (Å²) in [5, 5.41) is 0. The normalized spacial score (nSPS) is 23.4. The number of morpholine rings is 1. The molecule has 2 N–H and O–H groups in total. The van der Waals surface area contributed by atoms with Gasteiger partial charge >= 0.3 is 0 Å². The van der Waals surface area contributed by atoms with Gasteiger partial charge in [0.1, 0.15) is 11.5 Å². The van der Waals surface area contributed by atoms with Crippen LogP contribution in [0.15, 0.2) is 12.4 Å². The highest BCUT2D eigenvalue weighted by atomic mass is 16.5. The zero-order valence-corrected chi connectivity index (χ0v) is 11.1. The lowest BCUT2D eigenvalue weighted by Gasteiger charge is -2.37. The molecule has 0 radical (unpaired) electrons. The van der Waals surface area contributed by atoms with Crippen LogP contribution in [-0.2, 0) is 9.47 Å². The van der Waals surface area contributed by atoms with Gasteiger partial charge in [0.2, 0.25) is 0 Å². The number of anilines is 1. The number of carbonyl (C=O) groups is 1. The lowest BCUT2D eigenvalue weighted by molar-refractivity contribution is -0.0512. The Bertz CT molecular complexity index is 454. The van der Waals surface area contributed by atoms with Crippen LogP contribution in [0.25, 0.3) is 0 Å². The van der Waals surface area contributed by atoms with Gasteiger partial charge in [0.25, 0.3) is 5.91 Å². The Kier molecular flexibility index (Phi) is 4.28. The molecule has 1 aliphatic heterocycles. The topological polar surface area (TPSA) is 90.6 Å². The predicted octanol–water partition coefficient (Wildman–Crippen LogP) is -0.184. The molecule has 1 saturated heterocycles. The Labute approximate surface area is 111 Å². The van der Waals surface area contributed by atoms with Crippen molar-refractivity contribution in [1.82, 2.24) is 9.97 Å². The first-order valence-corrected chi connectivity index (χ1v) is 6.11. The molecule has 2 rings (SSSR count). The third-order valence-corrected chi connectivity index (χ3v) is 2.88. The van der Waals surface area contributed by atoms with Crippen molar-refractivity contribution in [2.75, 3.05) is 31.7 Å². The zero-order chi connectivity index (χ0) is 13.8. The fourth-order valence-corrected chi connectivity index (χ4v) is 2.14. The zero-order valence-electron chi connectivity index (χ0n) is 11.1. The van der Waals surface area contributed by atoms with Gasteiger partial charge in [0.15, 0.2) is 0 Å². The highest BCUT2D eigenvalue weighted by Crippen LogP contribution is 2.18. The first kappa shape index (κ1) is 13.7. The Morgan fingerprint density at radius 2 is 2.37 bits per heavy atom. The number of amides is 1. The number of ether oxygens (including phenoxy) is 2. The fraction of sp³-hybridized carbons (Fsp3) is 0.583. The maximum atomic E-state index is 11.1. The number of carbonyl (C=O) groups excluding carboxylic acids is 1. The molecule has 1 aromatic heterocycles. The molecule has 0 aromatic carbocycles. The number of aromatic nitrogens is 2. The molecule has 7 heteroatoms. The fourth-order valence-electron chi connectivity index (χ4n) is 2.14. The lowest BCUT2D eigenvalue weighted by Crippen LogP contribution is -2.48. The van der Waals surface area contributed by atoms with Crippen LogP contribution in [0.2, 0.25) is 0 Å². The third-order valence-electron chi connectivity index (χ3n) is 2.88. The van der Waals surface area contributed by atoms with Crippen LogP contribution in [0, 0.1) is 0 Å². The quantitative estimate of drug-likeness (QED) is 0.812. The number of nitrogens with zero attached hydrogens (tertiary/aromatic N) is 3. The Balaban J connectivity index is 2.15. The SMILES string of the molecule is COCC1CN(c2cncc(C(N)=O)n2)CC(C)O1. The summed E-state index contributed by atoms with van der Waals surface area (Å²) >= 11 is 0. The summed E-state index contributed by atoms with van der Waals surface area (Å²) in [5.74, 6) is 0.0525. The van der Waals surface area contributed by atoms with E-state index in [1.165, 1.54) is 6.20 Å². The number of rotatable bonds is 4. The van der Waals surface area contributed by atoms with Gasteiger partial charge in [-0.25, -0.2) is 4.98 Å². The van der Waals surface area contributed by atoms with Gasteiger partial charge in [0, 0.05) is 20.2 Å². The first-order chi connectivity index (χ1) is 9.10. The summed E-state index contributed by atoms with van der Waals surface area (Å²) in [7, 11) is 1.64. The molecule has 1 amide bonds. The average Bonchev–Trinajstić information content (AvgIpc) is 2.38. The summed E-state index contributed by atoms with van der Waals surface area (Å²) in [4.78, 5) is 21.4. The van der Waals surface area contributed by atoms with Crippen molar-refractivity contribution in [1.29, 1.82) is 0 Å². The van der Waals surface area contributed by atoms with Gasteiger partial charge in [-0.3, -0.25) is 9.78 Å². The summed E-state index contributed by atoms with van der Waals surface area (Å²) < 4.78 is 10.9. The van der Waals surface area contributed by atoms with E-state index in [0.29, 0.717) is 25.5 Å². The first-order valence-electron chi connectivity index (χ1n) is 6.11. The van der Waals surface area contributed by atoms with E-state index < -0.39 is 5.91 Å². The minimum absolute atomic E-state index is 0.0206. The van der Waals surface area contributed by atoms with Gasteiger partial charge < -0.3 is 20.1 Å². The molecule has 0 aliphatic carbocycles. The standard InChI is InChI=1S/C12H18N4O3/c1-8-5-16(6-9(19-8)7-18-2)11-4-14-3-10(15-11)12(13)17/h3-4,8-9H,5-7H2,1-2H3,(H2,13,17). The van der Waals surface area contributed by atoms with Crippen LogP contribution in [0.4, 0.5) is 5.82 Å². The van der Waals surface area contributed by atoms with E-state index in [9.17, 15) is 4.79 Å². The Morgan fingerprint density at radius 1 is 1.58 bits per heavy atom. The highest BCUT2D eigenvalue weighted by molar-refractivity contribution is 5.90. The van der Waals surface area contributed by atoms with Crippen molar-refractivity contribution in [3.8, 4) is 0 Å². The smallest absolute Gasteiger partial charge is 0.268 e. The predicted molar refractivity (Wildman–Crippen MR) is 69.0 cm³/mol. The monoisotopic (exact) mass is 266 g/mol. The lowest BCUT2D eigenvalue weighted by atomic mass is 10.2. The van der Waals surface area contributed by atoms with Crippen molar-refractivity contribution in [3.05, 3.63) is 18.1 Å². The van der Waals surface area contributed by atoms with Crippen LogP contribution in [-0.4, -0.2) is 54.9 Å². The molecule has 1 fully saturated rings. The second-order valence-electron chi connectivity index (χ2n) is 4.56. The highest BCUT2D eigenvalue weighted by Gasteiger charge is 2.26. The number of nitrogens with two attached hydrogens (primary N) is 1. The summed E-state index contributed by atoms with van der Waals surface area (Å²) in [6.07, 6.45) is 3.03. The third kappa shape index (κ3) is 3.39. The van der Waals surface area contributed by atoms with Gasteiger partial charge in [-0.1, -0.05) is 0 Å². The van der Waals surface area contributed by atoms with E-state index >= 15 is 0 Å². The van der Waals surface area contributed by atoms with E-state index in [-0.39, 0.29) is 17.9 Å². The largest absolute Gasteiger partial charge is 0.382 e. The number of hydrogen-bond acceptors (Lipinski definition) is 6. The molecular weight excluding hydrogens is 248 g/mol. The second kappa shape index (κ2) is 5.94. The molecular formula is C12H18N4O3. The molecule has 19 heavy (non-hydrogen) atoms. The van der Waals surface area contributed by atoms with Gasteiger partial charge in [0.05, 0.1) is 31.2 Å². The van der Waals surface area contributed by atoms with Crippen LogP contribution >= 0.6 is 0 Å². The van der Waals surface area contributed by atoms with Gasteiger partial charge in [-0.2, -0.15) is 0 Å². The number of methoxy groups -OCH3 is 1. The Hall–Kier alpha value is -1.73. The number of hydrogen-bond donors (Lipinski definition) is 1. The molecule has 7 nitrogen and oxygen atoms in total. The van der Waals surface area contributed by atoms with E-state index in [4.69, 9.17) is 15.2 Å². The summed E-state index contributed by atoms with van der Waals surface area (Å²) in [6, 6.07) is 0. The van der Waals surface area contributed by atoms with Gasteiger partial charge in [-0.15, -0.1) is 0 Å². The number of primary amides is 1. The maximum Gasteiger partial charge on any atom is 0.268 e. The van der Waals surface area contributed by atoms with Crippen LogP contribution < -0.4 is 10.6 Å². The van der Waals surface area contributed by atoms with Crippen molar-refractivity contribution in [2.24, 2.45) is 5.73 Å². The van der Waals surface area contributed by atoms with Crippen LogP contribution in [0.1, 0.15) is 17.4 Å². The van der Waals surface area contributed by atoms with Crippen molar-refractivity contribution in [2.45, 2.75) is 19.1 Å². The van der Waals surface area contributed by atoms with Crippen LogP contribution in [0.5, 0.6) is 0 Å². The van der Waals surface area contributed by atoms with E-state index in [1.807, 2.05) is 11.8 Å². The molecule has 2 heterocycles. The molecule has 1 aromatic rings. The maximum absolute atomic E-state index is 11.1.